The molecule has 4 heteroatoms. The standard InChI is InChI=1S/C50H29N3S/c1-4-16-34-30(12-1)15-11-21-38(34)48-39-20-7-9-22-42(39)51-50(52-48)41-29-33(28-40-37-19-8-10-23-45(37)54-49(40)41)53-43-26-24-31-13-2-5-17-35(31)46(43)47-36-18-6-3-14-32(36)25-27-44(47)53/h1-29H. The van der Waals surface area contributed by atoms with Crippen LogP contribution < -0.4 is 0 Å². The zero-order valence-electron chi connectivity index (χ0n) is 29.0. The lowest BCUT2D eigenvalue weighted by molar-refractivity contribution is 1.18. The first kappa shape index (κ1) is 29.7. The largest absolute Gasteiger partial charge is 0.309 e. The summed E-state index contributed by atoms with van der Waals surface area (Å²) in [6, 6.07) is 63.6. The number of hydrogen-bond donors (Lipinski definition) is 0. The Hall–Kier alpha value is -6.88. The van der Waals surface area contributed by atoms with E-state index in [9.17, 15) is 0 Å². The molecule has 0 aliphatic heterocycles. The second-order valence-electron chi connectivity index (χ2n) is 14.1. The van der Waals surface area contributed by atoms with E-state index in [4.69, 9.17) is 9.97 Å². The highest BCUT2D eigenvalue weighted by atomic mass is 32.1. The zero-order chi connectivity index (χ0) is 35.3. The first-order valence-electron chi connectivity index (χ1n) is 18.3. The fourth-order valence-corrected chi connectivity index (χ4v) is 9.96. The van der Waals surface area contributed by atoms with Crippen molar-refractivity contribution in [1.29, 1.82) is 0 Å². The lowest BCUT2D eigenvalue weighted by Gasteiger charge is -2.14. The molecule has 0 aliphatic carbocycles. The van der Waals surface area contributed by atoms with E-state index in [2.05, 4.69) is 180 Å². The number of aromatic nitrogens is 3. The molecule has 12 aromatic rings. The van der Waals surface area contributed by atoms with Crippen molar-refractivity contribution in [3.05, 3.63) is 176 Å². The van der Waals surface area contributed by atoms with Crippen molar-refractivity contribution in [2.75, 3.05) is 0 Å². The quantitative estimate of drug-likeness (QED) is 0.183. The molecule has 0 atom stereocenters. The van der Waals surface area contributed by atoms with Crippen molar-refractivity contribution in [3.63, 3.8) is 0 Å². The summed E-state index contributed by atoms with van der Waals surface area (Å²) in [4.78, 5) is 10.9. The molecule has 0 spiro atoms. The fraction of sp³-hybridized carbons (Fsp3) is 0. The number of benzene rings is 9. The zero-order valence-corrected chi connectivity index (χ0v) is 29.8. The first-order valence-corrected chi connectivity index (χ1v) is 19.1. The molecule has 0 aliphatic rings. The van der Waals surface area contributed by atoms with Gasteiger partial charge in [-0.2, -0.15) is 0 Å². The minimum atomic E-state index is 0.728. The highest BCUT2D eigenvalue weighted by Gasteiger charge is 2.22. The van der Waals surface area contributed by atoms with Gasteiger partial charge in [0.25, 0.3) is 0 Å². The highest BCUT2D eigenvalue weighted by Crippen LogP contribution is 2.45. The van der Waals surface area contributed by atoms with E-state index in [0.29, 0.717) is 0 Å². The monoisotopic (exact) mass is 703 g/mol. The molecule has 0 fully saturated rings. The Morgan fingerprint density at radius 3 is 1.70 bits per heavy atom. The third-order valence-corrected chi connectivity index (χ3v) is 12.4. The van der Waals surface area contributed by atoms with E-state index in [1.54, 1.807) is 0 Å². The van der Waals surface area contributed by atoms with Gasteiger partial charge in [0.2, 0.25) is 0 Å². The van der Waals surface area contributed by atoms with E-state index in [0.717, 1.165) is 39.2 Å². The first-order chi connectivity index (χ1) is 26.8. The number of rotatable bonds is 3. The molecule has 0 N–H and O–H groups in total. The van der Waals surface area contributed by atoms with Gasteiger partial charge in [0.1, 0.15) is 0 Å². The van der Waals surface area contributed by atoms with Crippen LogP contribution in [0.3, 0.4) is 0 Å². The van der Waals surface area contributed by atoms with Gasteiger partial charge in [0, 0.05) is 53.1 Å². The molecule has 0 bridgehead atoms. The summed E-state index contributed by atoms with van der Waals surface area (Å²) >= 11 is 1.82. The van der Waals surface area contributed by atoms with Crippen molar-refractivity contribution in [2.45, 2.75) is 0 Å². The van der Waals surface area contributed by atoms with E-state index in [-0.39, 0.29) is 0 Å². The van der Waals surface area contributed by atoms with Crippen LogP contribution in [-0.2, 0) is 0 Å². The Labute approximate surface area is 314 Å². The molecule has 3 heterocycles. The Bertz CT molecular complexity index is 3420. The smallest absolute Gasteiger partial charge is 0.161 e. The van der Waals surface area contributed by atoms with Crippen LogP contribution in [0.5, 0.6) is 0 Å². The number of para-hydroxylation sites is 1. The van der Waals surface area contributed by atoms with Crippen molar-refractivity contribution in [2.24, 2.45) is 0 Å². The van der Waals surface area contributed by atoms with Gasteiger partial charge in [-0.15, -0.1) is 11.3 Å². The molecule has 3 aromatic heterocycles. The van der Waals surface area contributed by atoms with Crippen LogP contribution in [0.1, 0.15) is 0 Å². The predicted octanol–water partition coefficient (Wildman–Crippen LogP) is 13.9. The maximum atomic E-state index is 5.53. The van der Waals surface area contributed by atoms with Crippen LogP contribution in [0.25, 0.3) is 114 Å². The van der Waals surface area contributed by atoms with Gasteiger partial charge in [0.15, 0.2) is 5.82 Å². The Balaban J connectivity index is 1.23. The Kier molecular flexibility index (Phi) is 6.21. The summed E-state index contributed by atoms with van der Waals surface area (Å²) in [5.74, 6) is 0.728. The summed E-state index contributed by atoms with van der Waals surface area (Å²) in [6.45, 7) is 0. The van der Waals surface area contributed by atoms with Crippen LogP contribution in [0.2, 0.25) is 0 Å². The number of hydrogen-bond acceptors (Lipinski definition) is 3. The Morgan fingerprint density at radius 2 is 0.981 bits per heavy atom. The van der Waals surface area contributed by atoms with Crippen LogP contribution in [-0.4, -0.2) is 14.5 Å². The maximum Gasteiger partial charge on any atom is 0.161 e. The fourth-order valence-electron chi connectivity index (χ4n) is 8.77. The van der Waals surface area contributed by atoms with Crippen LogP contribution in [0, 0.1) is 0 Å². The van der Waals surface area contributed by atoms with E-state index >= 15 is 0 Å². The molecule has 9 aromatic carbocycles. The lowest BCUT2D eigenvalue weighted by atomic mass is 9.99. The van der Waals surface area contributed by atoms with Gasteiger partial charge in [-0.3, -0.25) is 0 Å². The second-order valence-corrected chi connectivity index (χ2v) is 15.2. The van der Waals surface area contributed by atoms with Crippen molar-refractivity contribution in [3.8, 4) is 28.3 Å². The topological polar surface area (TPSA) is 30.7 Å². The summed E-state index contributed by atoms with van der Waals surface area (Å²) in [6.07, 6.45) is 0. The van der Waals surface area contributed by atoms with Gasteiger partial charge >= 0.3 is 0 Å². The molecule has 0 amide bonds. The number of fused-ring (bicyclic) bond motifs is 12. The Morgan fingerprint density at radius 1 is 0.407 bits per heavy atom. The molecular formula is C50H29N3S. The van der Waals surface area contributed by atoms with Crippen molar-refractivity contribution in [1.82, 2.24) is 14.5 Å². The summed E-state index contributed by atoms with van der Waals surface area (Å²) in [7, 11) is 0. The van der Waals surface area contributed by atoms with Crippen LogP contribution in [0.4, 0.5) is 0 Å². The van der Waals surface area contributed by atoms with Crippen LogP contribution >= 0.6 is 11.3 Å². The van der Waals surface area contributed by atoms with Gasteiger partial charge in [-0.25, -0.2) is 9.97 Å². The molecule has 12 rings (SSSR count). The minimum absolute atomic E-state index is 0.728. The van der Waals surface area contributed by atoms with Gasteiger partial charge in [-0.1, -0.05) is 140 Å². The van der Waals surface area contributed by atoms with Gasteiger partial charge < -0.3 is 4.57 Å². The second kappa shape index (κ2) is 11.3. The van der Waals surface area contributed by atoms with Crippen LogP contribution in [0.15, 0.2) is 176 Å². The van der Waals surface area contributed by atoms with Crippen molar-refractivity contribution >= 4 is 96.5 Å². The molecule has 3 nitrogen and oxygen atoms in total. The van der Waals surface area contributed by atoms with E-state index < -0.39 is 0 Å². The molecule has 250 valence electrons. The average molecular weight is 704 g/mol. The molecule has 0 unspecified atom stereocenters. The number of nitrogens with zero attached hydrogens (tertiary/aromatic N) is 3. The minimum Gasteiger partial charge on any atom is -0.309 e. The van der Waals surface area contributed by atoms with Gasteiger partial charge in [0.05, 0.1) is 22.2 Å². The van der Waals surface area contributed by atoms with Gasteiger partial charge in [-0.05, 0) is 68.7 Å². The molecular weight excluding hydrogens is 675 g/mol. The summed E-state index contributed by atoms with van der Waals surface area (Å²) in [5.41, 5.74) is 7.48. The predicted molar refractivity (Wildman–Crippen MR) is 230 cm³/mol. The highest BCUT2D eigenvalue weighted by molar-refractivity contribution is 7.26. The molecule has 0 saturated carbocycles. The molecule has 54 heavy (non-hydrogen) atoms. The van der Waals surface area contributed by atoms with Crippen molar-refractivity contribution < 1.29 is 0 Å². The molecule has 0 radical (unpaired) electrons. The number of thiophene rings is 1. The third kappa shape index (κ3) is 4.23. The normalized spacial score (nSPS) is 12.1. The summed E-state index contributed by atoms with van der Waals surface area (Å²) in [5, 5.41) is 13.4. The summed E-state index contributed by atoms with van der Waals surface area (Å²) < 4.78 is 4.90. The average Bonchev–Trinajstić information content (AvgIpc) is 3.79. The van der Waals surface area contributed by atoms with E-state index in [1.807, 2.05) is 11.3 Å². The van der Waals surface area contributed by atoms with E-state index in [1.165, 1.54) is 74.3 Å². The SMILES string of the molecule is c1ccc2c(-c3nc(-c4cc(-n5c6ccc7ccccc7c6c6c7ccccc7ccc65)cc5c4sc4ccccc45)nc4ccccc34)cccc2c1. The maximum absolute atomic E-state index is 5.53. The third-order valence-electron chi connectivity index (χ3n) is 11.2. The molecule has 0 saturated heterocycles. The lowest BCUT2D eigenvalue weighted by Crippen LogP contribution is -1.98.